The number of rotatable bonds is 12. The van der Waals surface area contributed by atoms with E-state index in [9.17, 15) is 14.7 Å². The maximum Gasteiger partial charge on any atom is 0.295 e. The summed E-state index contributed by atoms with van der Waals surface area (Å²) in [6.07, 6.45) is 0.873. The van der Waals surface area contributed by atoms with Crippen molar-refractivity contribution in [3.05, 3.63) is 95.1 Å². The first kappa shape index (κ1) is 28.7. The molecule has 1 fully saturated rings. The van der Waals surface area contributed by atoms with Crippen molar-refractivity contribution < 1.29 is 28.9 Å². The minimum absolute atomic E-state index is 0.0333. The number of aliphatic hydroxyl groups is 1. The molecule has 0 bridgehead atoms. The normalized spacial score (nSPS) is 16.4. The fourth-order valence-corrected chi connectivity index (χ4v) is 4.56. The Balaban J connectivity index is 1.72. The minimum Gasteiger partial charge on any atom is -0.507 e. The molecule has 8 heteroatoms. The molecule has 1 aliphatic rings. The number of amides is 1. The second-order valence-corrected chi connectivity index (χ2v) is 9.85. The van der Waals surface area contributed by atoms with Gasteiger partial charge in [-0.15, -0.1) is 0 Å². The Kier molecular flexibility index (Phi) is 9.45. The number of likely N-dealkylation sites (tertiary alicyclic amines) is 1. The molecule has 3 aromatic rings. The van der Waals surface area contributed by atoms with Crippen LogP contribution in [-0.2, 0) is 16.2 Å². The van der Waals surface area contributed by atoms with Gasteiger partial charge < -0.3 is 29.1 Å². The number of aliphatic hydroxyl groups excluding tert-OH is 1. The van der Waals surface area contributed by atoms with Gasteiger partial charge >= 0.3 is 0 Å². The number of ketones is 1. The number of carbonyl (C=O) groups excluding carboxylic acids is 2. The Labute approximate surface area is 235 Å². The van der Waals surface area contributed by atoms with Crippen LogP contribution < -0.4 is 14.2 Å². The molecule has 4 rings (SSSR count). The lowest BCUT2D eigenvalue weighted by atomic mass is 9.95. The standard InChI is InChI=1S/C32H36N2O6/c1-5-19-39-25-14-11-23(12-15-25)30(35)28-29(34(18-17-33(2)3)32(37)31(28)36)24-13-16-26(27(20-24)38-4)40-21-22-9-7-6-8-10-22/h6-16,20,29,35H,5,17-19,21H2,1-4H3/b30-28+. The van der Waals surface area contributed by atoms with Crippen LogP contribution in [0.4, 0.5) is 0 Å². The highest BCUT2D eigenvalue weighted by molar-refractivity contribution is 6.46. The average molecular weight is 545 g/mol. The molecule has 40 heavy (non-hydrogen) atoms. The van der Waals surface area contributed by atoms with Gasteiger partial charge in [-0.2, -0.15) is 0 Å². The number of ether oxygens (including phenoxy) is 3. The van der Waals surface area contributed by atoms with Crippen molar-refractivity contribution in [3.8, 4) is 17.2 Å². The highest BCUT2D eigenvalue weighted by atomic mass is 16.5. The van der Waals surface area contributed by atoms with Gasteiger partial charge in [0, 0.05) is 18.7 Å². The number of hydrogen-bond acceptors (Lipinski definition) is 7. The third-order valence-corrected chi connectivity index (χ3v) is 6.67. The lowest BCUT2D eigenvalue weighted by molar-refractivity contribution is -0.140. The van der Waals surface area contributed by atoms with Gasteiger partial charge in [0.15, 0.2) is 11.5 Å². The predicted molar refractivity (Wildman–Crippen MR) is 154 cm³/mol. The number of Topliss-reactive ketones (excluding diaryl/α,β-unsaturated/α-hetero) is 1. The van der Waals surface area contributed by atoms with E-state index >= 15 is 0 Å². The zero-order valence-electron chi connectivity index (χ0n) is 23.4. The van der Waals surface area contributed by atoms with Gasteiger partial charge in [-0.3, -0.25) is 9.59 Å². The first-order valence-electron chi connectivity index (χ1n) is 13.3. The number of likely N-dealkylation sites (N-methyl/N-ethyl adjacent to an activating group) is 1. The summed E-state index contributed by atoms with van der Waals surface area (Å²) < 4.78 is 17.3. The van der Waals surface area contributed by atoms with Crippen molar-refractivity contribution >= 4 is 17.4 Å². The van der Waals surface area contributed by atoms with E-state index in [1.54, 1.807) is 49.6 Å². The summed E-state index contributed by atoms with van der Waals surface area (Å²) in [5.41, 5.74) is 2.10. The van der Waals surface area contributed by atoms with E-state index in [-0.39, 0.29) is 11.3 Å². The Morgan fingerprint density at radius 2 is 1.68 bits per heavy atom. The molecule has 8 nitrogen and oxygen atoms in total. The second kappa shape index (κ2) is 13.2. The minimum atomic E-state index is -0.798. The van der Waals surface area contributed by atoms with E-state index in [0.29, 0.717) is 54.7 Å². The second-order valence-electron chi connectivity index (χ2n) is 9.85. The zero-order chi connectivity index (χ0) is 28.6. The number of hydrogen-bond donors (Lipinski definition) is 1. The molecule has 0 aromatic heterocycles. The molecular formula is C32H36N2O6. The first-order chi connectivity index (χ1) is 19.3. The molecule has 1 aliphatic heterocycles. The summed E-state index contributed by atoms with van der Waals surface area (Å²) in [5, 5.41) is 11.4. The van der Waals surface area contributed by atoms with Gasteiger partial charge in [0.05, 0.1) is 25.3 Å². The maximum absolute atomic E-state index is 13.3. The van der Waals surface area contributed by atoms with Crippen LogP contribution in [0, 0.1) is 0 Å². The Bertz CT molecular complexity index is 1350. The molecule has 1 atom stereocenters. The van der Waals surface area contributed by atoms with E-state index in [0.717, 1.165) is 12.0 Å². The van der Waals surface area contributed by atoms with Crippen LogP contribution in [0.3, 0.4) is 0 Å². The molecule has 0 aliphatic carbocycles. The maximum atomic E-state index is 13.3. The monoisotopic (exact) mass is 544 g/mol. The van der Waals surface area contributed by atoms with E-state index in [1.165, 1.54) is 4.90 Å². The predicted octanol–water partition coefficient (Wildman–Crippen LogP) is 5.05. The van der Waals surface area contributed by atoms with Crippen LogP contribution in [0.1, 0.15) is 36.1 Å². The molecule has 0 spiro atoms. The molecule has 0 saturated carbocycles. The van der Waals surface area contributed by atoms with Gasteiger partial charge in [-0.25, -0.2) is 0 Å². The Morgan fingerprint density at radius 3 is 2.33 bits per heavy atom. The molecule has 210 valence electrons. The SMILES string of the molecule is CCCOc1ccc(/C(O)=C2\C(=O)C(=O)N(CCN(C)C)C2c2ccc(OCc3ccccc3)c(OC)c2)cc1. The van der Waals surface area contributed by atoms with Gasteiger partial charge in [0.1, 0.15) is 18.1 Å². The van der Waals surface area contributed by atoms with Crippen LogP contribution in [0.2, 0.25) is 0 Å². The topological polar surface area (TPSA) is 88.5 Å². The van der Waals surface area contributed by atoms with Crippen LogP contribution in [0.5, 0.6) is 17.2 Å². The molecule has 1 heterocycles. The van der Waals surface area contributed by atoms with Crippen molar-refractivity contribution in [2.45, 2.75) is 26.0 Å². The summed E-state index contributed by atoms with van der Waals surface area (Å²) in [5.74, 6) is 0.0426. The van der Waals surface area contributed by atoms with Crippen molar-refractivity contribution in [1.82, 2.24) is 9.80 Å². The molecule has 1 N–H and O–H groups in total. The van der Waals surface area contributed by atoms with E-state index in [4.69, 9.17) is 14.2 Å². The summed E-state index contributed by atoms with van der Waals surface area (Å²) in [6.45, 7) is 3.80. The summed E-state index contributed by atoms with van der Waals surface area (Å²) in [4.78, 5) is 30.0. The lowest BCUT2D eigenvalue weighted by Crippen LogP contribution is -2.35. The molecule has 1 amide bonds. The number of nitrogens with zero attached hydrogens (tertiary/aromatic N) is 2. The number of carbonyl (C=O) groups is 2. The highest BCUT2D eigenvalue weighted by Gasteiger charge is 2.46. The van der Waals surface area contributed by atoms with Gasteiger partial charge in [0.25, 0.3) is 11.7 Å². The van der Waals surface area contributed by atoms with E-state index < -0.39 is 17.7 Å². The summed E-state index contributed by atoms with van der Waals surface area (Å²) in [7, 11) is 5.34. The highest BCUT2D eigenvalue weighted by Crippen LogP contribution is 2.42. The third kappa shape index (κ3) is 6.46. The zero-order valence-corrected chi connectivity index (χ0v) is 23.4. The smallest absolute Gasteiger partial charge is 0.295 e. The fraction of sp³-hybridized carbons (Fsp3) is 0.312. The lowest BCUT2D eigenvalue weighted by Gasteiger charge is -2.27. The largest absolute Gasteiger partial charge is 0.507 e. The van der Waals surface area contributed by atoms with Crippen LogP contribution in [-0.4, -0.2) is 67.5 Å². The van der Waals surface area contributed by atoms with Crippen LogP contribution in [0.15, 0.2) is 78.4 Å². The van der Waals surface area contributed by atoms with Crippen LogP contribution >= 0.6 is 0 Å². The average Bonchev–Trinajstić information content (AvgIpc) is 3.23. The first-order valence-corrected chi connectivity index (χ1v) is 13.3. The van der Waals surface area contributed by atoms with Gasteiger partial charge in [-0.1, -0.05) is 43.3 Å². The Hall–Kier alpha value is -4.30. The van der Waals surface area contributed by atoms with Crippen LogP contribution in [0.25, 0.3) is 5.76 Å². The molecule has 1 unspecified atom stereocenters. The van der Waals surface area contributed by atoms with Gasteiger partial charge in [0.2, 0.25) is 0 Å². The molecular weight excluding hydrogens is 508 g/mol. The van der Waals surface area contributed by atoms with E-state index in [1.807, 2.05) is 56.3 Å². The van der Waals surface area contributed by atoms with Crippen molar-refractivity contribution in [1.29, 1.82) is 0 Å². The molecule has 3 aromatic carbocycles. The summed E-state index contributed by atoms with van der Waals surface area (Å²) >= 11 is 0. The van der Waals surface area contributed by atoms with Crippen molar-refractivity contribution in [2.24, 2.45) is 0 Å². The number of benzene rings is 3. The van der Waals surface area contributed by atoms with Crippen molar-refractivity contribution in [2.75, 3.05) is 40.9 Å². The van der Waals surface area contributed by atoms with Crippen molar-refractivity contribution in [3.63, 3.8) is 0 Å². The van der Waals surface area contributed by atoms with E-state index in [2.05, 4.69) is 0 Å². The quantitative estimate of drug-likeness (QED) is 0.194. The molecule has 0 radical (unpaired) electrons. The Morgan fingerprint density at radius 1 is 0.950 bits per heavy atom. The third-order valence-electron chi connectivity index (χ3n) is 6.67. The summed E-state index contributed by atoms with van der Waals surface area (Å²) in [6, 6.07) is 21.2. The molecule has 1 saturated heterocycles. The fourth-order valence-electron chi connectivity index (χ4n) is 4.56. The van der Waals surface area contributed by atoms with Gasteiger partial charge in [-0.05, 0) is 68.0 Å². The number of methoxy groups -OCH3 is 1.